The molecule has 0 heterocycles. The van der Waals surface area contributed by atoms with Gasteiger partial charge in [-0.25, -0.2) is 0 Å². The normalized spacial score (nSPS) is 10.1. The Morgan fingerprint density at radius 1 is 1.43 bits per heavy atom. The van der Waals surface area contributed by atoms with Crippen LogP contribution in [-0.2, 0) is 6.54 Å². The van der Waals surface area contributed by atoms with Gasteiger partial charge in [-0.3, -0.25) is 0 Å². The Balaban J connectivity index is 2.52. The van der Waals surface area contributed by atoms with Gasteiger partial charge in [0.25, 0.3) is 0 Å². The highest BCUT2D eigenvalue weighted by atomic mass is 35.5. The number of hydrogen-bond donors (Lipinski definition) is 0. The summed E-state index contributed by atoms with van der Waals surface area (Å²) < 4.78 is 0. The monoisotopic (exact) mass is 207 g/mol. The van der Waals surface area contributed by atoms with Crippen molar-refractivity contribution < 1.29 is 0 Å². The fourth-order valence-corrected chi connectivity index (χ4v) is 1.45. The number of rotatable bonds is 4. The maximum atomic E-state index is 6.04. The number of terminal acetylenes is 1. The van der Waals surface area contributed by atoms with Gasteiger partial charge in [-0.2, -0.15) is 0 Å². The Bertz CT molecular complexity index is 327. The molecule has 0 N–H and O–H groups in total. The van der Waals surface area contributed by atoms with E-state index in [4.69, 9.17) is 18.0 Å². The maximum absolute atomic E-state index is 6.04. The maximum Gasteiger partial charge on any atom is 0.0451 e. The van der Waals surface area contributed by atoms with E-state index in [0.717, 1.165) is 30.1 Å². The Hall–Kier alpha value is -0.970. The second-order valence-corrected chi connectivity index (χ2v) is 3.69. The lowest BCUT2D eigenvalue weighted by Gasteiger charge is -2.15. The molecule has 0 aliphatic rings. The molecule has 1 nitrogen and oxygen atoms in total. The summed E-state index contributed by atoms with van der Waals surface area (Å²) in [5.41, 5.74) is 1.15. The van der Waals surface area contributed by atoms with Gasteiger partial charge in [0.2, 0.25) is 0 Å². The molecule has 0 bridgehead atoms. The van der Waals surface area contributed by atoms with Crippen molar-refractivity contribution in [1.82, 2.24) is 4.90 Å². The van der Waals surface area contributed by atoms with Gasteiger partial charge in [0.15, 0.2) is 0 Å². The first-order valence-electron chi connectivity index (χ1n) is 4.59. The summed E-state index contributed by atoms with van der Waals surface area (Å²) in [5, 5.41) is 0.819. The van der Waals surface area contributed by atoms with Crippen molar-refractivity contribution in [2.45, 2.75) is 13.0 Å². The summed E-state index contributed by atoms with van der Waals surface area (Å²) in [6.45, 7) is 1.75. The topological polar surface area (TPSA) is 3.24 Å². The summed E-state index contributed by atoms with van der Waals surface area (Å²) in [7, 11) is 2.04. The van der Waals surface area contributed by atoms with Gasteiger partial charge < -0.3 is 4.90 Å². The van der Waals surface area contributed by atoms with Crippen LogP contribution in [-0.4, -0.2) is 18.5 Å². The second-order valence-electron chi connectivity index (χ2n) is 3.28. The third-order valence-electron chi connectivity index (χ3n) is 2.04. The largest absolute Gasteiger partial charge is 0.301 e. The molecule has 0 atom stereocenters. The van der Waals surface area contributed by atoms with E-state index in [1.165, 1.54) is 0 Å². The van der Waals surface area contributed by atoms with E-state index in [-0.39, 0.29) is 0 Å². The summed E-state index contributed by atoms with van der Waals surface area (Å²) in [4.78, 5) is 2.17. The van der Waals surface area contributed by atoms with E-state index in [1.807, 2.05) is 31.3 Å². The molecule has 0 aliphatic heterocycles. The van der Waals surface area contributed by atoms with Crippen LogP contribution in [0.2, 0.25) is 5.02 Å². The average molecular weight is 208 g/mol. The summed E-state index contributed by atoms with van der Waals surface area (Å²) in [6.07, 6.45) is 5.98. The zero-order chi connectivity index (χ0) is 10.4. The van der Waals surface area contributed by atoms with Crippen molar-refractivity contribution in [2.24, 2.45) is 0 Å². The van der Waals surface area contributed by atoms with Gasteiger partial charge in [-0.1, -0.05) is 29.8 Å². The summed E-state index contributed by atoms with van der Waals surface area (Å²) in [6, 6.07) is 7.88. The summed E-state index contributed by atoms with van der Waals surface area (Å²) in [5.74, 6) is 2.62. The fraction of sp³-hybridized carbons (Fsp3) is 0.333. The number of halogens is 1. The molecule has 0 aliphatic carbocycles. The van der Waals surface area contributed by atoms with Crippen molar-refractivity contribution >= 4 is 11.6 Å². The Morgan fingerprint density at radius 3 is 2.79 bits per heavy atom. The van der Waals surface area contributed by atoms with Crippen LogP contribution in [0, 0.1) is 12.3 Å². The lowest BCUT2D eigenvalue weighted by Crippen LogP contribution is -2.18. The van der Waals surface area contributed by atoms with Crippen molar-refractivity contribution in [1.29, 1.82) is 0 Å². The van der Waals surface area contributed by atoms with Crippen LogP contribution in [0.15, 0.2) is 24.3 Å². The molecule has 0 spiro atoms. The number of nitrogens with zero attached hydrogens (tertiary/aromatic N) is 1. The zero-order valence-corrected chi connectivity index (χ0v) is 9.09. The number of hydrogen-bond acceptors (Lipinski definition) is 1. The molecular weight excluding hydrogens is 194 g/mol. The third-order valence-corrected chi connectivity index (χ3v) is 2.40. The van der Waals surface area contributed by atoms with Crippen LogP contribution in [0.3, 0.4) is 0 Å². The minimum atomic E-state index is 0.779. The van der Waals surface area contributed by atoms with Crippen LogP contribution >= 0.6 is 11.6 Å². The highest BCUT2D eigenvalue weighted by molar-refractivity contribution is 6.31. The molecule has 0 aromatic heterocycles. The van der Waals surface area contributed by atoms with Crippen molar-refractivity contribution in [3.8, 4) is 12.3 Å². The van der Waals surface area contributed by atoms with Gasteiger partial charge in [0.05, 0.1) is 0 Å². The Morgan fingerprint density at radius 2 is 2.14 bits per heavy atom. The first-order valence-corrected chi connectivity index (χ1v) is 4.97. The molecule has 1 rings (SSSR count). The molecule has 0 saturated heterocycles. The van der Waals surface area contributed by atoms with Gasteiger partial charge in [-0.05, 0) is 18.7 Å². The predicted molar refractivity (Wildman–Crippen MR) is 61.2 cm³/mol. The molecule has 0 saturated carbocycles. The number of benzene rings is 1. The van der Waals surface area contributed by atoms with Crippen LogP contribution in [0.5, 0.6) is 0 Å². The minimum Gasteiger partial charge on any atom is -0.301 e. The average Bonchev–Trinajstić information content (AvgIpc) is 2.18. The molecular formula is C12H14ClN. The lowest BCUT2D eigenvalue weighted by molar-refractivity contribution is 0.335. The van der Waals surface area contributed by atoms with Crippen molar-refractivity contribution in [3.05, 3.63) is 34.9 Å². The van der Waals surface area contributed by atoms with E-state index in [0.29, 0.717) is 0 Å². The fourth-order valence-electron chi connectivity index (χ4n) is 1.25. The standard InChI is InChI=1S/C12H14ClN/c1-3-4-9-14(2)10-11-7-5-6-8-12(11)13/h1,5-8H,4,9-10H2,2H3. The van der Waals surface area contributed by atoms with Crippen LogP contribution in [0.1, 0.15) is 12.0 Å². The minimum absolute atomic E-state index is 0.779. The molecule has 74 valence electrons. The quantitative estimate of drug-likeness (QED) is 0.687. The first kappa shape index (κ1) is 11.1. The van der Waals surface area contributed by atoms with Crippen LogP contribution < -0.4 is 0 Å². The molecule has 0 radical (unpaired) electrons. The SMILES string of the molecule is C#CCCN(C)Cc1ccccc1Cl. The van der Waals surface area contributed by atoms with Crippen LogP contribution in [0.25, 0.3) is 0 Å². The highest BCUT2D eigenvalue weighted by Crippen LogP contribution is 2.16. The van der Waals surface area contributed by atoms with E-state index in [9.17, 15) is 0 Å². The van der Waals surface area contributed by atoms with Gasteiger partial charge in [0.1, 0.15) is 0 Å². The third kappa shape index (κ3) is 3.41. The van der Waals surface area contributed by atoms with E-state index in [1.54, 1.807) is 0 Å². The zero-order valence-electron chi connectivity index (χ0n) is 8.33. The second kappa shape index (κ2) is 5.70. The molecule has 1 aromatic rings. The smallest absolute Gasteiger partial charge is 0.0451 e. The predicted octanol–water partition coefficient (Wildman–Crippen LogP) is 2.80. The van der Waals surface area contributed by atoms with Crippen LogP contribution in [0.4, 0.5) is 0 Å². The molecule has 0 fully saturated rings. The molecule has 14 heavy (non-hydrogen) atoms. The first-order chi connectivity index (χ1) is 6.74. The van der Waals surface area contributed by atoms with Gasteiger partial charge in [-0.15, -0.1) is 12.3 Å². The Kier molecular flexibility index (Phi) is 4.52. The van der Waals surface area contributed by atoms with E-state index < -0.39 is 0 Å². The van der Waals surface area contributed by atoms with Gasteiger partial charge in [0, 0.05) is 24.5 Å². The molecule has 0 amide bonds. The molecule has 0 unspecified atom stereocenters. The lowest BCUT2D eigenvalue weighted by atomic mass is 10.2. The van der Waals surface area contributed by atoms with Crippen molar-refractivity contribution in [2.75, 3.05) is 13.6 Å². The molecule has 1 aromatic carbocycles. The summed E-state index contributed by atoms with van der Waals surface area (Å²) >= 11 is 6.04. The van der Waals surface area contributed by atoms with E-state index >= 15 is 0 Å². The molecule has 2 heteroatoms. The van der Waals surface area contributed by atoms with Crippen molar-refractivity contribution in [3.63, 3.8) is 0 Å². The Labute approximate surface area is 90.7 Å². The van der Waals surface area contributed by atoms with Gasteiger partial charge >= 0.3 is 0 Å². The van der Waals surface area contributed by atoms with E-state index in [2.05, 4.69) is 10.8 Å². The highest BCUT2D eigenvalue weighted by Gasteiger charge is 2.02.